The molecule has 2 aromatic heterocycles. The number of hydrogen-bond acceptors (Lipinski definition) is 7. The predicted octanol–water partition coefficient (Wildman–Crippen LogP) is 3.10. The zero-order valence-electron chi connectivity index (χ0n) is 14.3. The average molecular weight is 423 g/mol. The Labute approximate surface area is 164 Å². The van der Waals surface area contributed by atoms with Crippen LogP contribution in [0.5, 0.6) is 0 Å². The Bertz CT molecular complexity index is 1050. The summed E-state index contributed by atoms with van der Waals surface area (Å²) in [5, 5.41) is 8.39. The minimum atomic E-state index is -3.59. The number of nitrogens with one attached hydrogen (secondary N) is 3. The summed E-state index contributed by atoms with van der Waals surface area (Å²) in [4.78, 5) is 16.8. The molecule has 7 nitrogen and oxygen atoms in total. The van der Waals surface area contributed by atoms with Crippen molar-refractivity contribution in [2.45, 2.75) is 17.1 Å². The van der Waals surface area contributed by atoms with Gasteiger partial charge in [0.2, 0.25) is 5.91 Å². The van der Waals surface area contributed by atoms with Crippen LogP contribution in [0.2, 0.25) is 0 Å². The van der Waals surface area contributed by atoms with Gasteiger partial charge in [-0.25, -0.2) is 13.4 Å². The minimum absolute atomic E-state index is 0.00539. The van der Waals surface area contributed by atoms with E-state index in [-0.39, 0.29) is 16.0 Å². The molecule has 0 spiro atoms. The lowest BCUT2D eigenvalue weighted by molar-refractivity contribution is -0.120. The largest absolute Gasteiger partial charge is 0.317 e. The predicted molar refractivity (Wildman–Crippen MR) is 109 cm³/mol. The van der Waals surface area contributed by atoms with Gasteiger partial charge in [0.25, 0.3) is 10.0 Å². The summed E-state index contributed by atoms with van der Waals surface area (Å²) in [7, 11) is -3.59. The Hall–Kier alpha value is -2.01. The van der Waals surface area contributed by atoms with Crippen molar-refractivity contribution in [3.05, 3.63) is 35.7 Å². The van der Waals surface area contributed by atoms with Crippen molar-refractivity contribution in [3.8, 4) is 0 Å². The third kappa shape index (κ3) is 4.13. The molecular weight excluding hydrogens is 404 g/mol. The molecule has 1 saturated heterocycles. The number of nitrogens with zero attached hydrogens (tertiary/aromatic N) is 1. The molecule has 3 aromatic rings. The summed E-state index contributed by atoms with van der Waals surface area (Å²) < 4.78 is 28.4. The molecule has 0 unspecified atom stereocenters. The standard InChI is InChI=1S/C17H18N4O3S3/c22-16(11-5-7-18-8-6-11)20-17-19-13-4-3-12(10-14(13)26-17)21-27(23,24)15-2-1-9-25-15/h1-4,9-11,18,21H,5-8H2,(H,19,20,22). The summed E-state index contributed by atoms with van der Waals surface area (Å²) in [5.41, 5.74) is 1.19. The highest BCUT2D eigenvalue weighted by atomic mass is 32.2. The number of benzene rings is 1. The second kappa shape index (κ2) is 7.55. The Morgan fingerprint density at radius 3 is 2.78 bits per heavy atom. The number of hydrogen-bond donors (Lipinski definition) is 3. The highest BCUT2D eigenvalue weighted by molar-refractivity contribution is 7.94. The quantitative estimate of drug-likeness (QED) is 0.587. The van der Waals surface area contributed by atoms with E-state index in [4.69, 9.17) is 0 Å². The van der Waals surface area contributed by atoms with E-state index in [0.717, 1.165) is 36.1 Å². The number of carbonyl (C=O) groups excluding carboxylic acids is 1. The van der Waals surface area contributed by atoms with Crippen LogP contribution >= 0.6 is 22.7 Å². The molecule has 1 aromatic carbocycles. The Kier molecular flexibility index (Phi) is 5.13. The van der Waals surface area contributed by atoms with Gasteiger partial charge in [0.1, 0.15) is 4.21 Å². The lowest BCUT2D eigenvalue weighted by Crippen LogP contribution is -2.34. The third-order valence-electron chi connectivity index (χ3n) is 4.34. The lowest BCUT2D eigenvalue weighted by Gasteiger charge is -2.20. The van der Waals surface area contributed by atoms with Crippen LogP contribution in [0.1, 0.15) is 12.8 Å². The number of fused-ring (bicyclic) bond motifs is 1. The van der Waals surface area contributed by atoms with Crippen LogP contribution in [0.25, 0.3) is 10.2 Å². The number of thiophene rings is 1. The van der Waals surface area contributed by atoms with Crippen molar-refractivity contribution in [3.63, 3.8) is 0 Å². The number of thiazole rings is 1. The maximum absolute atomic E-state index is 12.4. The van der Waals surface area contributed by atoms with Gasteiger partial charge in [0.05, 0.1) is 15.9 Å². The fourth-order valence-corrected chi connectivity index (χ4v) is 5.91. The zero-order chi connectivity index (χ0) is 18.9. The fraction of sp³-hybridized carbons (Fsp3) is 0.294. The molecule has 0 atom stereocenters. The fourth-order valence-electron chi connectivity index (χ4n) is 2.95. The van der Waals surface area contributed by atoms with Gasteiger partial charge in [-0.3, -0.25) is 9.52 Å². The molecule has 3 N–H and O–H groups in total. The van der Waals surface area contributed by atoms with Crippen LogP contribution in [-0.2, 0) is 14.8 Å². The van der Waals surface area contributed by atoms with Crippen molar-refractivity contribution in [1.82, 2.24) is 10.3 Å². The van der Waals surface area contributed by atoms with E-state index >= 15 is 0 Å². The molecular formula is C17H18N4O3S3. The topological polar surface area (TPSA) is 100 Å². The molecule has 1 fully saturated rings. The molecule has 27 heavy (non-hydrogen) atoms. The zero-order valence-corrected chi connectivity index (χ0v) is 16.7. The molecule has 0 aliphatic carbocycles. The van der Waals surface area contributed by atoms with Crippen molar-refractivity contribution in [2.24, 2.45) is 5.92 Å². The summed E-state index contributed by atoms with van der Waals surface area (Å²) in [6.45, 7) is 1.71. The number of anilines is 2. The summed E-state index contributed by atoms with van der Waals surface area (Å²) in [5.74, 6) is 0.000562. The second-order valence-corrected chi connectivity index (χ2v) is 10.1. The van der Waals surface area contributed by atoms with Gasteiger partial charge in [0, 0.05) is 5.92 Å². The molecule has 1 aliphatic heterocycles. The van der Waals surface area contributed by atoms with Crippen LogP contribution in [0.4, 0.5) is 10.8 Å². The minimum Gasteiger partial charge on any atom is -0.317 e. The van der Waals surface area contributed by atoms with Crippen molar-refractivity contribution in [1.29, 1.82) is 0 Å². The van der Waals surface area contributed by atoms with Crippen molar-refractivity contribution in [2.75, 3.05) is 23.1 Å². The molecule has 0 saturated carbocycles. The Morgan fingerprint density at radius 2 is 2.04 bits per heavy atom. The first-order valence-corrected chi connectivity index (χ1v) is 11.7. The maximum atomic E-state index is 12.4. The first-order chi connectivity index (χ1) is 13.0. The van der Waals surface area contributed by atoms with E-state index in [9.17, 15) is 13.2 Å². The van der Waals surface area contributed by atoms with Crippen LogP contribution in [0.3, 0.4) is 0 Å². The molecule has 3 heterocycles. The second-order valence-electron chi connectivity index (χ2n) is 6.25. The number of amides is 1. The molecule has 142 valence electrons. The number of piperidine rings is 1. The summed E-state index contributed by atoms with van der Waals surface area (Å²) in [6.07, 6.45) is 1.65. The van der Waals surface area contributed by atoms with Gasteiger partial charge in [-0.1, -0.05) is 17.4 Å². The molecule has 0 radical (unpaired) electrons. The van der Waals surface area contributed by atoms with Crippen molar-refractivity contribution >= 4 is 59.6 Å². The number of carbonyl (C=O) groups is 1. The molecule has 4 rings (SSSR count). The number of sulfonamides is 1. The SMILES string of the molecule is O=C(Nc1nc2ccc(NS(=O)(=O)c3cccs3)cc2s1)C1CCNCC1. The highest BCUT2D eigenvalue weighted by Crippen LogP contribution is 2.30. The number of rotatable bonds is 5. The summed E-state index contributed by atoms with van der Waals surface area (Å²) >= 11 is 2.50. The Balaban J connectivity index is 1.51. The van der Waals surface area contributed by atoms with Gasteiger partial charge >= 0.3 is 0 Å². The van der Waals surface area contributed by atoms with Gasteiger partial charge in [-0.15, -0.1) is 11.3 Å². The van der Waals surface area contributed by atoms with Gasteiger partial charge in [-0.05, 0) is 55.6 Å². The van der Waals surface area contributed by atoms with E-state index in [1.807, 2.05) is 0 Å². The first-order valence-electron chi connectivity index (χ1n) is 8.50. The van der Waals surface area contributed by atoms with Crippen LogP contribution in [-0.4, -0.2) is 32.4 Å². The third-order valence-corrected chi connectivity index (χ3v) is 8.05. The van der Waals surface area contributed by atoms with E-state index in [1.54, 1.807) is 35.7 Å². The van der Waals surface area contributed by atoms with Gasteiger partial charge in [-0.2, -0.15) is 0 Å². The average Bonchev–Trinajstić information content (AvgIpc) is 3.31. The van der Waals surface area contributed by atoms with E-state index in [2.05, 4.69) is 20.3 Å². The number of aromatic nitrogens is 1. The first kappa shape index (κ1) is 18.4. The highest BCUT2D eigenvalue weighted by Gasteiger charge is 2.22. The Morgan fingerprint density at radius 1 is 1.22 bits per heavy atom. The lowest BCUT2D eigenvalue weighted by atomic mass is 9.97. The smallest absolute Gasteiger partial charge is 0.271 e. The van der Waals surface area contributed by atoms with Crippen LogP contribution < -0.4 is 15.4 Å². The molecule has 0 bridgehead atoms. The van der Waals surface area contributed by atoms with Gasteiger partial charge < -0.3 is 10.6 Å². The monoisotopic (exact) mass is 422 g/mol. The van der Waals surface area contributed by atoms with E-state index in [0.29, 0.717) is 10.8 Å². The van der Waals surface area contributed by atoms with Crippen LogP contribution in [0, 0.1) is 5.92 Å². The van der Waals surface area contributed by atoms with Crippen LogP contribution in [0.15, 0.2) is 39.9 Å². The summed E-state index contributed by atoms with van der Waals surface area (Å²) in [6, 6.07) is 8.41. The van der Waals surface area contributed by atoms with Gasteiger partial charge in [0.15, 0.2) is 5.13 Å². The molecule has 10 heteroatoms. The molecule has 1 aliphatic rings. The normalized spacial score (nSPS) is 15.7. The van der Waals surface area contributed by atoms with E-state index < -0.39 is 10.0 Å². The molecule has 1 amide bonds. The maximum Gasteiger partial charge on any atom is 0.271 e. The van der Waals surface area contributed by atoms with E-state index in [1.165, 1.54) is 22.7 Å². The van der Waals surface area contributed by atoms with Crippen molar-refractivity contribution < 1.29 is 13.2 Å².